The zero-order valence-corrected chi connectivity index (χ0v) is 14.7. The quantitative estimate of drug-likeness (QED) is 0.892. The Balaban J connectivity index is 1.59. The summed E-state index contributed by atoms with van der Waals surface area (Å²) in [6.45, 7) is 4.27. The maximum atomic E-state index is 12.6. The van der Waals surface area contributed by atoms with Gasteiger partial charge in [0.1, 0.15) is 12.2 Å². The Morgan fingerprint density at radius 1 is 1.48 bits per heavy atom. The van der Waals surface area contributed by atoms with Gasteiger partial charge in [-0.25, -0.2) is 9.78 Å². The summed E-state index contributed by atoms with van der Waals surface area (Å²) in [7, 11) is 1.94. The number of carbonyl (C=O) groups excluding carboxylic acids is 1. The maximum absolute atomic E-state index is 12.6. The molecule has 3 heterocycles. The number of hydrogen-bond acceptors (Lipinski definition) is 5. The molecule has 1 aliphatic rings. The van der Waals surface area contributed by atoms with E-state index in [2.05, 4.69) is 20.5 Å². The standard InChI is InChI=1S/C17H24N6O2/c1-3-25-16-13(6-4-8-18-16)10-19-17(24)23-9-5-7-14(11-23)15-21-20-12-22(15)2/h4,6,8,12,14H,3,5,7,9-11H2,1-2H3,(H,19,24). The van der Waals surface area contributed by atoms with Gasteiger partial charge >= 0.3 is 6.03 Å². The fourth-order valence-electron chi connectivity index (χ4n) is 3.14. The highest BCUT2D eigenvalue weighted by molar-refractivity contribution is 5.74. The van der Waals surface area contributed by atoms with Gasteiger partial charge in [0.2, 0.25) is 5.88 Å². The van der Waals surface area contributed by atoms with Crippen molar-refractivity contribution in [2.45, 2.75) is 32.2 Å². The van der Waals surface area contributed by atoms with E-state index in [0.29, 0.717) is 25.6 Å². The number of likely N-dealkylation sites (tertiary alicyclic amines) is 1. The first-order chi connectivity index (χ1) is 12.2. The normalized spacial score (nSPS) is 17.4. The van der Waals surface area contributed by atoms with Crippen LogP contribution in [0.3, 0.4) is 0 Å². The first-order valence-corrected chi connectivity index (χ1v) is 8.62. The molecule has 2 aromatic rings. The number of hydrogen-bond donors (Lipinski definition) is 1. The molecule has 0 radical (unpaired) electrons. The van der Waals surface area contributed by atoms with Crippen LogP contribution in [0.25, 0.3) is 0 Å². The molecule has 0 aliphatic carbocycles. The van der Waals surface area contributed by atoms with Crippen LogP contribution in [-0.2, 0) is 13.6 Å². The fraction of sp³-hybridized carbons (Fsp3) is 0.529. The van der Waals surface area contributed by atoms with Gasteiger partial charge in [0.15, 0.2) is 0 Å². The molecule has 8 heteroatoms. The van der Waals surface area contributed by atoms with Crippen LogP contribution in [0.5, 0.6) is 5.88 Å². The molecular weight excluding hydrogens is 320 g/mol. The molecule has 134 valence electrons. The van der Waals surface area contributed by atoms with Crippen molar-refractivity contribution in [2.24, 2.45) is 7.05 Å². The molecule has 1 aliphatic heterocycles. The van der Waals surface area contributed by atoms with E-state index in [-0.39, 0.29) is 11.9 Å². The third kappa shape index (κ3) is 4.07. The van der Waals surface area contributed by atoms with E-state index < -0.39 is 0 Å². The van der Waals surface area contributed by atoms with Crippen molar-refractivity contribution in [3.05, 3.63) is 36.0 Å². The smallest absolute Gasteiger partial charge is 0.317 e. The van der Waals surface area contributed by atoms with Crippen LogP contribution in [-0.4, -0.2) is 50.4 Å². The number of amides is 2. The molecule has 1 saturated heterocycles. The monoisotopic (exact) mass is 344 g/mol. The molecule has 8 nitrogen and oxygen atoms in total. The minimum Gasteiger partial charge on any atom is -0.478 e. The summed E-state index contributed by atoms with van der Waals surface area (Å²) >= 11 is 0. The van der Waals surface area contributed by atoms with Gasteiger partial charge in [-0.1, -0.05) is 6.07 Å². The maximum Gasteiger partial charge on any atom is 0.317 e. The van der Waals surface area contributed by atoms with Crippen molar-refractivity contribution in [1.29, 1.82) is 0 Å². The Hall–Kier alpha value is -2.64. The summed E-state index contributed by atoms with van der Waals surface area (Å²) in [6, 6.07) is 3.68. The van der Waals surface area contributed by atoms with Crippen molar-refractivity contribution in [1.82, 2.24) is 30.0 Å². The summed E-state index contributed by atoms with van der Waals surface area (Å²) in [5, 5.41) is 11.1. The van der Waals surface area contributed by atoms with Crippen molar-refractivity contribution in [3.63, 3.8) is 0 Å². The van der Waals surface area contributed by atoms with Gasteiger partial charge < -0.3 is 19.5 Å². The molecule has 1 N–H and O–H groups in total. The summed E-state index contributed by atoms with van der Waals surface area (Å²) < 4.78 is 7.43. The molecule has 0 saturated carbocycles. The van der Waals surface area contributed by atoms with Crippen LogP contribution in [0.2, 0.25) is 0 Å². The van der Waals surface area contributed by atoms with E-state index in [4.69, 9.17) is 4.74 Å². The number of nitrogens with one attached hydrogen (secondary N) is 1. The lowest BCUT2D eigenvalue weighted by Crippen LogP contribution is -2.45. The highest BCUT2D eigenvalue weighted by Crippen LogP contribution is 2.25. The Morgan fingerprint density at radius 3 is 3.12 bits per heavy atom. The Kier molecular flexibility index (Phi) is 5.47. The Morgan fingerprint density at radius 2 is 2.36 bits per heavy atom. The molecule has 0 aromatic carbocycles. The number of aromatic nitrogens is 4. The van der Waals surface area contributed by atoms with Crippen LogP contribution >= 0.6 is 0 Å². The Bertz CT molecular complexity index is 717. The second-order valence-electron chi connectivity index (χ2n) is 6.14. The molecule has 0 bridgehead atoms. The van der Waals surface area contributed by atoms with E-state index in [1.807, 2.05) is 35.6 Å². The lowest BCUT2D eigenvalue weighted by Gasteiger charge is -2.32. The summed E-state index contributed by atoms with van der Waals surface area (Å²) in [5.74, 6) is 1.73. The highest BCUT2D eigenvalue weighted by atomic mass is 16.5. The summed E-state index contributed by atoms with van der Waals surface area (Å²) in [6.07, 6.45) is 5.37. The molecule has 1 unspecified atom stereocenters. The highest BCUT2D eigenvalue weighted by Gasteiger charge is 2.27. The molecule has 1 atom stereocenters. The van der Waals surface area contributed by atoms with Crippen LogP contribution in [0.1, 0.15) is 37.1 Å². The van der Waals surface area contributed by atoms with Gasteiger partial charge in [-0.05, 0) is 25.8 Å². The minimum absolute atomic E-state index is 0.0711. The van der Waals surface area contributed by atoms with E-state index in [9.17, 15) is 4.79 Å². The molecule has 25 heavy (non-hydrogen) atoms. The van der Waals surface area contributed by atoms with E-state index in [1.54, 1.807) is 12.5 Å². The number of aryl methyl sites for hydroxylation is 1. The van der Waals surface area contributed by atoms with Gasteiger partial charge in [-0.15, -0.1) is 10.2 Å². The Labute approximate surface area is 147 Å². The number of ether oxygens (including phenoxy) is 1. The second kappa shape index (κ2) is 7.96. The number of carbonyl (C=O) groups is 1. The van der Waals surface area contributed by atoms with Crippen molar-refractivity contribution in [2.75, 3.05) is 19.7 Å². The SMILES string of the molecule is CCOc1ncccc1CNC(=O)N1CCCC(c2nncn2C)C1. The predicted molar refractivity (Wildman–Crippen MR) is 92.2 cm³/mol. The van der Waals surface area contributed by atoms with Crippen molar-refractivity contribution in [3.8, 4) is 5.88 Å². The fourth-order valence-corrected chi connectivity index (χ4v) is 3.14. The molecule has 3 rings (SSSR count). The lowest BCUT2D eigenvalue weighted by atomic mass is 9.97. The van der Waals surface area contributed by atoms with Crippen molar-refractivity contribution >= 4 is 6.03 Å². The number of urea groups is 1. The number of nitrogens with zero attached hydrogens (tertiary/aromatic N) is 5. The van der Waals surface area contributed by atoms with E-state index >= 15 is 0 Å². The summed E-state index contributed by atoms with van der Waals surface area (Å²) in [5.41, 5.74) is 0.875. The molecule has 1 fully saturated rings. The zero-order valence-electron chi connectivity index (χ0n) is 14.7. The average Bonchev–Trinajstić information content (AvgIpc) is 3.07. The first-order valence-electron chi connectivity index (χ1n) is 8.62. The van der Waals surface area contributed by atoms with Crippen molar-refractivity contribution < 1.29 is 9.53 Å². The van der Waals surface area contributed by atoms with Crippen LogP contribution in [0, 0.1) is 0 Å². The third-order valence-electron chi connectivity index (χ3n) is 4.38. The lowest BCUT2D eigenvalue weighted by molar-refractivity contribution is 0.177. The number of piperidine rings is 1. The second-order valence-corrected chi connectivity index (χ2v) is 6.14. The molecule has 2 amide bonds. The third-order valence-corrected chi connectivity index (χ3v) is 4.38. The summed E-state index contributed by atoms with van der Waals surface area (Å²) in [4.78, 5) is 18.6. The van der Waals surface area contributed by atoms with Crippen LogP contribution in [0.4, 0.5) is 4.79 Å². The molecule has 0 spiro atoms. The largest absolute Gasteiger partial charge is 0.478 e. The van der Waals surface area contributed by atoms with Gasteiger partial charge in [-0.3, -0.25) is 0 Å². The minimum atomic E-state index is -0.0711. The predicted octanol–water partition coefficient (Wildman–Crippen LogP) is 1.70. The number of pyridine rings is 1. The number of rotatable bonds is 5. The first kappa shape index (κ1) is 17.2. The molecule has 2 aromatic heterocycles. The van der Waals surface area contributed by atoms with Gasteiger partial charge in [0.25, 0.3) is 0 Å². The average molecular weight is 344 g/mol. The van der Waals surface area contributed by atoms with Gasteiger partial charge in [-0.2, -0.15) is 0 Å². The van der Waals surface area contributed by atoms with E-state index in [1.165, 1.54) is 0 Å². The zero-order chi connectivity index (χ0) is 17.6. The molecular formula is C17H24N6O2. The van der Waals surface area contributed by atoms with Gasteiger partial charge in [0, 0.05) is 44.4 Å². The van der Waals surface area contributed by atoms with E-state index in [0.717, 1.165) is 30.8 Å². The topological polar surface area (TPSA) is 85.2 Å². The van der Waals surface area contributed by atoms with Crippen LogP contribution < -0.4 is 10.1 Å². The van der Waals surface area contributed by atoms with Gasteiger partial charge in [0.05, 0.1) is 6.61 Å². The van der Waals surface area contributed by atoms with Crippen LogP contribution in [0.15, 0.2) is 24.7 Å².